The highest BCUT2D eigenvalue weighted by atomic mass is 19.3. The molecule has 0 aliphatic rings. The topological polar surface area (TPSA) is 67.9 Å². The van der Waals surface area contributed by atoms with Crippen LogP contribution in [0.15, 0.2) is 24.3 Å². The van der Waals surface area contributed by atoms with Gasteiger partial charge in [0.2, 0.25) is 5.91 Å². The monoisotopic (exact) mass is 334 g/mol. The molecular weight excluding hydrogens is 317 g/mol. The fourth-order valence-electron chi connectivity index (χ4n) is 1.59. The number of rotatable bonds is 7. The SMILES string of the molecule is COCC(NC(=O)C(F)(F)Oc1ccc(F)cc1)C(=O)N(C)C. The molecule has 0 bridgehead atoms. The van der Waals surface area contributed by atoms with Crippen molar-refractivity contribution in [2.24, 2.45) is 0 Å². The van der Waals surface area contributed by atoms with Gasteiger partial charge in [-0.15, -0.1) is 0 Å². The van der Waals surface area contributed by atoms with Gasteiger partial charge in [0, 0.05) is 21.2 Å². The highest BCUT2D eigenvalue weighted by Crippen LogP contribution is 2.22. The van der Waals surface area contributed by atoms with Crippen LogP contribution in [-0.2, 0) is 14.3 Å². The summed E-state index contributed by atoms with van der Waals surface area (Å²) in [6.45, 7) is -0.282. The maximum atomic E-state index is 13.8. The van der Waals surface area contributed by atoms with E-state index in [9.17, 15) is 22.8 Å². The summed E-state index contributed by atoms with van der Waals surface area (Å²) in [7, 11) is 4.07. The van der Waals surface area contributed by atoms with Gasteiger partial charge in [-0.25, -0.2) is 4.39 Å². The molecule has 6 nitrogen and oxygen atoms in total. The summed E-state index contributed by atoms with van der Waals surface area (Å²) in [6, 6.07) is 2.44. The Bertz CT molecular complexity index is 549. The van der Waals surface area contributed by atoms with Crippen LogP contribution in [0.1, 0.15) is 0 Å². The molecule has 1 aromatic rings. The van der Waals surface area contributed by atoms with Crippen molar-refractivity contribution in [3.63, 3.8) is 0 Å². The van der Waals surface area contributed by atoms with Crippen LogP contribution in [0.5, 0.6) is 5.75 Å². The fraction of sp³-hybridized carbons (Fsp3) is 0.429. The second-order valence-corrected chi connectivity index (χ2v) is 4.79. The number of hydrogen-bond donors (Lipinski definition) is 1. The summed E-state index contributed by atoms with van der Waals surface area (Å²) >= 11 is 0. The minimum atomic E-state index is -4.24. The van der Waals surface area contributed by atoms with Crippen LogP contribution in [-0.4, -0.2) is 56.7 Å². The number of carbonyl (C=O) groups excluding carboxylic acids is 2. The molecule has 1 N–H and O–H groups in total. The molecule has 0 saturated carbocycles. The molecule has 1 unspecified atom stereocenters. The number of ether oxygens (including phenoxy) is 2. The molecule has 1 rings (SSSR count). The number of carbonyl (C=O) groups is 2. The highest BCUT2D eigenvalue weighted by molar-refractivity contribution is 5.90. The van der Waals surface area contributed by atoms with Crippen LogP contribution in [0.25, 0.3) is 0 Å². The predicted molar refractivity (Wildman–Crippen MR) is 74.5 cm³/mol. The Morgan fingerprint density at radius 3 is 2.30 bits per heavy atom. The third-order valence-electron chi connectivity index (χ3n) is 2.70. The lowest BCUT2D eigenvalue weighted by Crippen LogP contribution is -2.54. The van der Waals surface area contributed by atoms with Crippen LogP contribution in [0.3, 0.4) is 0 Å². The minimum absolute atomic E-state index is 0.282. The number of halogens is 3. The van der Waals surface area contributed by atoms with E-state index >= 15 is 0 Å². The minimum Gasteiger partial charge on any atom is -0.425 e. The smallest absolute Gasteiger partial charge is 0.425 e. The van der Waals surface area contributed by atoms with Crippen molar-refractivity contribution in [2.45, 2.75) is 12.2 Å². The van der Waals surface area contributed by atoms with E-state index in [1.54, 1.807) is 0 Å². The molecule has 0 saturated heterocycles. The second-order valence-electron chi connectivity index (χ2n) is 4.79. The lowest BCUT2D eigenvalue weighted by molar-refractivity contribution is -0.194. The Hall–Kier alpha value is -2.29. The third-order valence-corrected chi connectivity index (χ3v) is 2.70. The van der Waals surface area contributed by atoms with Crippen LogP contribution in [0, 0.1) is 5.82 Å². The Kier molecular flexibility index (Phi) is 6.38. The van der Waals surface area contributed by atoms with Gasteiger partial charge in [0.05, 0.1) is 6.61 Å². The average molecular weight is 334 g/mol. The van der Waals surface area contributed by atoms with Gasteiger partial charge in [0.25, 0.3) is 0 Å². The van der Waals surface area contributed by atoms with E-state index in [2.05, 4.69) is 4.74 Å². The molecule has 0 radical (unpaired) electrons. The molecule has 0 spiro atoms. The van der Waals surface area contributed by atoms with E-state index in [0.29, 0.717) is 0 Å². The number of likely N-dealkylation sites (N-methyl/N-ethyl adjacent to an activating group) is 1. The van der Waals surface area contributed by atoms with Gasteiger partial charge in [-0.3, -0.25) is 9.59 Å². The maximum Gasteiger partial charge on any atom is 0.482 e. The lowest BCUT2D eigenvalue weighted by Gasteiger charge is -2.23. The Labute approximate surface area is 131 Å². The largest absolute Gasteiger partial charge is 0.482 e. The fourth-order valence-corrected chi connectivity index (χ4v) is 1.59. The van der Waals surface area contributed by atoms with E-state index < -0.39 is 35.5 Å². The molecule has 0 heterocycles. The van der Waals surface area contributed by atoms with E-state index in [1.807, 2.05) is 5.32 Å². The van der Waals surface area contributed by atoms with Gasteiger partial charge in [-0.05, 0) is 24.3 Å². The summed E-state index contributed by atoms with van der Waals surface area (Å²) in [4.78, 5) is 24.6. The maximum absolute atomic E-state index is 13.8. The first-order valence-corrected chi connectivity index (χ1v) is 6.51. The molecule has 0 fully saturated rings. The van der Waals surface area contributed by atoms with Crippen molar-refractivity contribution < 1.29 is 32.2 Å². The van der Waals surface area contributed by atoms with Crippen LogP contribution >= 0.6 is 0 Å². The summed E-state index contributed by atoms with van der Waals surface area (Å²) in [6.07, 6.45) is -4.24. The molecule has 9 heteroatoms. The summed E-state index contributed by atoms with van der Waals surface area (Å²) in [5, 5.41) is 1.87. The van der Waals surface area contributed by atoms with Gasteiger partial charge >= 0.3 is 12.0 Å². The van der Waals surface area contributed by atoms with Crippen LogP contribution in [0.2, 0.25) is 0 Å². The van der Waals surface area contributed by atoms with Gasteiger partial charge in [0.1, 0.15) is 17.6 Å². The first-order chi connectivity index (χ1) is 10.7. The number of nitrogens with one attached hydrogen (secondary N) is 1. The summed E-state index contributed by atoms with van der Waals surface area (Å²) < 4.78 is 49.3. The zero-order valence-corrected chi connectivity index (χ0v) is 12.8. The average Bonchev–Trinajstić information content (AvgIpc) is 2.48. The number of hydrogen-bond acceptors (Lipinski definition) is 4. The summed E-state index contributed by atoms with van der Waals surface area (Å²) in [5.74, 6) is -3.45. The molecular formula is C14H17F3N2O4. The first-order valence-electron chi connectivity index (χ1n) is 6.51. The predicted octanol–water partition coefficient (Wildman–Crippen LogP) is 1.02. The van der Waals surface area contributed by atoms with E-state index in [4.69, 9.17) is 4.74 Å². The van der Waals surface area contributed by atoms with Gasteiger partial charge < -0.3 is 19.7 Å². The molecule has 128 valence electrons. The summed E-state index contributed by atoms with van der Waals surface area (Å²) in [5.41, 5.74) is 0. The van der Waals surface area contributed by atoms with E-state index in [-0.39, 0.29) is 6.61 Å². The number of benzene rings is 1. The number of nitrogens with zero attached hydrogens (tertiary/aromatic N) is 1. The molecule has 0 aromatic heterocycles. The number of methoxy groups -OCH3 is 1. The van der Waals surface area contributed by atoms with Gasteiger partial charge in [-0.1, -0.05) is 0 Å². The number of amides is 2. The van der Waals surface area contributed by atoms with Gasteiger partial charge in [-0.2, -0.15) is 8.78 Å². The zero-order chi connectivity index (χ0) is 17.6. The van der Waals surface area contributed by atoms with Crippen molar-refractivity contribution in [3.05, 3.63) is 30.1 Å². The van der Waals surface area contributed by atoms with Crippen LogP contribution < -0.4 is 10.1 Å². The first kappa shape index (κ1) is 18.8. The van der Waals surface area contributed by atoms with Crippen molar-refractivity contribution in [1.29, 1.82) is 0 Å². The quantitative estimate of drug-likeness (QED) is 0.808. The molecule has 2 amide bonds. The third kappa shape index (κ3) is 5.44. The molecule has 1 atom stereocenters. The van der Waals surface area contributed by atoms with Gasteiger partial charge in [0.15, 0.2) is 0 Å². The van der Waals surface area contributed by atoms with E-state index in [0.717, 1.165) is 29.2 Å². The van der Waals surface area contributed by atoms with E-state index in [1.165, 1.54) is 21.2 Å². The van der Waals surface area contributed by atoms with Crippen molar-refractivity contribution in [1.82, 2.24) is 10.2 Å². The zero-order valence-electron chi connectivity index (χ0n) is 12.8. The normalized spacial score (nSPS) is 12.4. The Morgan fingerprint density at radius 1 is 1.26 bits per heavy atom. The highest BCUT2D eigenvalue weighted by Gasteiger charge is 2.44. The Balaban J connectivity index is 2.79. The van der Waals surface area contributed by atoms with Crippen LogP contribution in [0.4, 0.5) is 13.2 Å². The standard InChI is InChI=1S/C14H17F3N2O4/c1-19(2)12(20)11(8-22-3)18-13(21)14(16,17)23-10-6-4-9(15)5-7-10/h4-7,11H,8H2,1-3H3,(H,18,21). The van der Waals surface area contributed by atoms with Crippen molar-refractivity contribution in [2.75, 3.05) is 27.8 Å². The van der Waals surface area contributed by atoms with Crippen molar-refractivity contribution >= 4 is 11.8 Å². The molecule has 23 heavy (non-hydrogen) atoms. The Morgan fingerprint density at radius 2 is 1.83 bits per heavy atom. The second kappa shape index (κ2) is 7.82. The van der Waals surface area contributed by atoms with Crippen molar-refractivity contribution in [3.8, 4) is 5.75 Å². The molecule has 0 aliphatic carbocycles. The molecule has 1 aromatic carbocycles. The molecule has 0 aliphatic heterocycles. The number of alkyl halides is 2. The lowest BCUT2D eigenvalue weighted by atomic mass is 10.2.